The number of rotatable bonds is 4. The van der Waals surface area contributed by atoms with Crippen LogP contribution in [0.3, 0.4) is 0 Å². The van der Waals surface area contributed by atoms with Gasteiger partial charge in [0.15, 0.2) is 0 Å². The predicted molar refractivity (Wildman–Crippen MR) is 229 cm³/mol. The summed E-state index contributed by atoms with van der Waals surface area (Å²) in [6, 6.07) is 66.2. The molecule has 0 aliphatic rings. The van der Waals surface area contributed by atoms with Crippen LogP contribution < -0.4 is 0 Å². The molecule has 0 bridgehead atoms. The van der Waals surface area contributed by atoms with Crippen LogP contribution in [-0.4, -0.2) is 9.97 Å². The van der Waals surface area contributed by atoms with Crippen LogP contribution in [0, 0.1) is 0 Å². The fraction of sp³-hybridized carbons (Fsp3) is 0. The van der Waals surface area contributed by atoms with E-state index in [2.05, 4.69) is 181 Å². The van der Waals surface area contributed by atoms with Crippen LogP contribution in [0.4, 0.5) is 0 Å². The second kappa shape index (κ2) is 12.2. The van der Waals surface area contributed by atoms with Gasteiger partial charge < -0.3 is 0 Å². The van der Waals surface area contributed by atoms with Crippen LogP contribution in [0.2, 0.25) is 0 Å². The van der Waals surface area contributed by atoms with E-state index in [9.17, 15) is 0 Å². The third-order valence-corrected chi connectivity index (χ3v) is 11.1. The highest BCUT2D eigenvalue weighted by Gasteiger charge is 2.19. The van der Waals surface area contributed by atoms with E-state index < -0.39 is 0 Å². The Labute approximate surface area is 312 Å². The second-order valence-electron chi connectivity index (χ2n) is 14.1. The summed E-state index contributed by atoms with van der Waals surface area (Å²) in [6.07, 6.45) is 3.74. The fourth-order valence-corrected chi connectivity index (χ4v) is 8.57. The Hall–Kier alpha value is -7.16. The Bertz CT molecular complexity index is 3250. The molecule has 54 heavy (non-hydrogen) atoms. The number of pyridine rings is 2. The van der Waals surface area contributed by atoms with Gasteiger partial charge in [0, 0.05) is 28.7 Å². The van der Waals surface area contributed by atoms with Crippen LogP contribution in [0.25, 0.3) is 109 Å². The van der Waals surface area contributed by atoms with Crippen molar-refractivity contribution < 1.29 is 0 Å². The first kappa shape index (κ1) is 30.5. The minimum atomic E-state index is 0.963. The van der Waals surface area contributed by atoms with E-state index in [0.717, 1.165) is 49.8 Å². The van der Waals surface area contributed by atoms with Gasteiger partial charge in [0.05, 0.1) is 11.2 Å². The molecule has 0 aliphatic heterocycles. The maximum absolute atomic E-state index is 5.62. The SMILES string of the molecule is c1cncc(-c2ccc(-c3cc(-c4cc5ccccc5c5ccccc45)nc4c3cc(-c3cc5ccccc5c5ccccc35)c3ccccc34)cc2)c1. The zero-order chi connectivity index (χ0) is 35.6. The molecule has 11 aromatic rings. The van der Waals surface area contributed by atoms with E-state index >= 15 is 0 Å². The summed E-state index contributed by atoms with van der Waals surface area (Å²) in [5.74, 6) is 0. The number of benzene rings is 9. The van der Waals surface area contributed by atoms with Gasteiger partial charge in [-0.2, -0.15) is 0 Å². The molecular weight excluding hydrogens is 653 g/mol. The maximum atomic E-state index is 5.62. The van der Waals surface area contributed by atoms with Crippen molar-refractivity contribution in [2.75, 3.05) is 0 Å². The summed E-state index contributed by atoms with van der Waals surface area (Å²) in [5.41, 5.74) is 10.1. The molecule has 11 rings (SSSR count). The van der Waals surface area contributed by atoms with Crippen LogP contribution in [0.15, 0.2) is 194 Å². The van der Waals surface area contributed by atoms with Gasteiger partial charge in [0.25, 0.3) is 0 Å². The van der Waals surface area contributed by atoms with Crippen LogP contribution in [0.5, 0.6) is 0 Å². The number of aromatic nitrogens is 2. The Morgan fingerprint density at radius 2 is 0.796 bits per heavy atom. The van der Waals surface area contributed by atoms with Crippen molar-refractivity contribution in [2.24, 2.45) is 0 Å². The fourth-order valence-electron chi connectivity index (χ4n) is 8.57. The van der Waals surface area contributed by atoms with Crippen molar-refractivity contribution in [2.45, 2.75) is 0 Å². The molecule has 2 nitrogen and oxygen atoms in total. The first-order chi connectivity index (χ1) is 26.8. The monoisotopic (exact) mass is 684 g/mol. The maximum Gasteiger partial charge on any atom is 0.0794 e. The summed E-state index contributed by atoms with van der Waals surface area (Å²) in [4.78, 5) is 9.99. The molecule has 0 radical (unpaired) electrons. The zero-order valence-electron chi connectivity index (χ0n) is 29.4. The number of hydrogen-bond donors (Lipinski definition) is 0. The lowest BCUT2D eigenvalue weighted by molar-refractivity contribution is 1.33. The van der Waals surface area contributed by atoms with E-state index in [1.807, 2.05) is 18.5 Å². The molecule has 0 aliphatic carbocycles. The summed E-state index contributed by atoms with van der Waals surface area (Å²) >= 11 is 0. The highest BCUT2D eigenvalue weighted by molar-refractivity contribution is 6.22. The molecule has 0 amide bonds. The Kier molecular flexibility index (Phi) is 6.90. The number of nitrogens with zero attached hydrogens (tertiary/aromatic N) is 2. The van der Waals surface area contributed by atoms with Crippen molar-refractivity contribution >= 4 is 64.8 Å². The van der Waals surface area contributed by atoms with Crippen LogP contribution >= 0.6 is 0 Å². The Balaban J connectivity index is 1.25. The van der Waals surface area contributed by atoms with Gasteiger partial charge in [-0.3, -0.25) is 4.98 Å². The van der Waals surface area contributed by atoms with Gasteiger partial charge in [-0.05, 0) is 112 Å². The number of fused-ring (bicyclic) bond motifs is 9. The van der Waals surface area contributed by atoms with E-state index in [0.29, 0.717) is 0 Å². The molecule has 0 fully saturated rings. The van der Waals surface area contributed by atoms with E-state index in [1.165, 1.54) is 59.6 Å². The average Bonchev–Trinajstić information content (AvgIpc) is 3.25. The first-order valence-corrected chi connectivity index (χ1v) is 18.5. The molecule has 2 aromatic heterocycles. The van der Waals surface area contributed by atoms with Gasteiger partial charge >= 0.3 is 0 Å². The second-order valence-corrected chi connectivity index (χ2v) is 14.1. The largest absolute Gasteiger partial charge is 0.264 e. The minimum absolute atomic E-state index is 0.963. The van der Waals surface area contributed by atoms with Crippen molar-refractivity contribution in [1.29, 1.82) is 0 Å². The summed E-state index contributed by atoms with van der Waals surface area (Å²) in [5, 5.41) is 13.4. The lowest BCUT2D eigenvalue weighted by Gasteiger charge is -2.18. The molecule has 0 saturated heterocycles. The zero-order valence-corrected chi connectivity index (χ0v) is 29.4. The quantitative estimate of drug-likeness (QED) is 0.172. The summed E-state index contributed by atoms with van der Waals surface area (Å²) in [7, 11) is 0. The molecule has 2 heterocycles. The van der Waals surface area contributed by atoms with Gasteiger partial charge in [0.2, 0.25) is 0 Å². The topological polar surface area (TPSA) is 25.8 Å². The van der Waals surface area contributed by atoms with Crippen molar-refractivity contribution in [3.63, 3.8) is 0 Å². The number of hydrogen-bond acceptors (Lipinski definition) is 2. The van der Waals surface area contributed by atoms with Crippen LogP contribution in [0.1, 0.15) is 0 Å². The van der Waals surface area contributed by atoms with Gasteiger partial charge in [-0.25, -0.2) is 4.98 Å². The lowest BCUT2D eigenvalue weighted by atomic mass is 9.87. The third kappa shape index (κ3) is 4.81. The Morgan fingerprint density at radius 1 is 0.296 bits per heavy atom. The smallest absolute Gasteiger partial charge is 0.0794 e. The van der Waals surface area contributed by atoms with E-state index in [1.54, 1.807) is 0 Å². The molecule has 0 unspecified atom stereocenters. The lowest BCUT2D eigenvalue weighted by Crippen LogP contribution is -1.95. The Morgan fingerprint density at radius 3 is 1.43 bits per heavy atom. The van der Waals surface area contributed by atoms with Gasteiger partial charge in [-0.1, -0.05) is 152 Å². The van der Waals surface area contributed by atoms with E-state index in [4.69, 9.17) is 4.98 Å². The molecule has 0 saturated carbocycles. The third-order valence-electron chi connectivity index (χ3n) is 11.1. The molecule has 0 spiro atoms. The first-order valence-electron chi connectivity index (χ1n) is 18.5. The molecular formula is C52H32N2. The highest BCUT2D eigenvalue weighted by Crippen LogP contribution is 2.44. The van der Waals surface area contributed by atoms with Crippen molar-refractivity contribution in [3.05, 3.63) is 194 Å². The highest BCUT2D eigenvalue weighted by atomic mass is 14.7. The van der Waals surface area contributed by atoms with Crippen LogP contribution in [-0.2, 0) is 0 Å². The average molecular weight is 685 g/mol. The van der Waals surface area contributed by atoms with Gasteiger partial charge in [-0.15, -0.1) is 0 Å². The standard InChI is InChI=1S/C52H32N2/c1-3-15-38-35(12-1)28-47(42-19-7-5-17-40(38)42)48-30-50-46(34-25-23-33(24-26-34)37-14-11-27-53-32-37)31-51(54-52(50)45-22-10-9-21-44(45)48)49-29-36-13-2-4-16-39(36)41-18-6-8-20-43(41)49/h1-32H. The molecule has 2 heteroatoms. The van der Waals surface area contributed by atoms with Crippen molar-refractivity contribution in [1.82, 2.24) is 9.97 Å². The summed E-state index contributed by atoms with van der Waals surface area (Å²) < 4.78 is 0. The minimum Gasteiger partial charge on any atom is -0.264 e. The normalized spacial score (nSPS) is 11.7. The van der Waals surface area contributed by atoms with Gasteiger partial charge in [0.1, 0.15) is 0 Å². The predicted octanol–water partition coefficient (Wildman–Crippen LogP) is 14.1. The molecule has 250 valence electrons. The molecule has 9 aromatic carbocycles. The molecule has 0 N–H and O–H groups in total. The molecule has 0 atom stereocenters. The van der Waals surface area contributed by atoms with Crippen molar-refractivity contribution in [3.8, 4) is 44.6 Å². The van der Waals surface area contributed by atoms with E-state index in [-0.39, 0.29) is 0 Å². The summed E-state index contributed by atoms with van der Waals surface area (Å²) in [6.45, 7) is 0.